The van der Waals surface area contributed by atoms with Gasteiger partial charge in [0, 0.05) is 50.0 Å². The summed E-state index contributed by atoms with van der Waals surface area (Å²) in [5.74, 6) is 0.643. The standard InChI is InChI=1S/C24H32N4O4/c29-28(30)22-7-2-1-6-21(22)26-19-24(10-16-31-17-11-24)20-8-9-23(25-18-20)32-15-5-14-27-12-3-4-13-27/h1-2,6-9,18,26H,3-5,10-17,19H2. The Kier molecular flexibility index (Phi) is 7.55. The third-order valence-electron chi connectivity index (χ3n) is 6.58. The number of anilines is 1. The molecule has 2 saturated heterocycles. The number of hydrogen-bond acceptors (Lipinski definition) is 7. The van der Waals surface area contributed by atoms with E-state index in [-0.39, 0.29) is 16.0 Å². The lowest BCUT2D eigenvalue weighted by atomic mass is 9.74. The number of nitrogens with one attached hydrogen (secondary N) is 1. The summed E-state index contributed by atoms with van der Waals surface area (Å²) in [4.78, 5) is 18.1. The van der Waals surface area contributed by atoms with Crippen LogP contribution >= 0.6 is 0 Å². The van der Waals surface area contributed by atoms with Gasteiger partial charge in [0.2, 0.25) is 5.88 Å². The zero-order valence-electron chi connectivity index (χ0n) is 18.5. The van der Waals surface area contributed by atoms with Gasteiger partial charge in [-0.2, -0.15) is 0 Å². The second kappa shape index (κ2) is 10.7. The minimum Gasteiger partial charge on any atom is -0.478 e. The van der Waals surface area contributed by atoms with Gasteiger partial charge in [-0.15, -0.1) is 0 Å². The molecule has 3 heterocycles. The number of nitro groups is 1. The molecule has 0 saturated carbocycles. The van der Waals surface area contributed by atoms with E-state index in [2.05, 4.69) is 21.3 Å². The highest BCUT2D eigenvalue weighted by Crippen LogP contribution is 2.36. The van der Waals surface area contributed by atoms with Gasteiger partial charge < -0.3 is 19.7 Å². The molecule has 0 bridgehead atoms. The minimum absolute atomic E-state index is 0.0884. The number of ether oxygens (including phenoxy) is 2. The molecule has 0 aliphatic carbocycles. The topological polar surface area (TPSA) is 89.8 Å². The largest absolute Gasteiger partial charge is 0.478 e. The van der Waals surface area contributed by atoms with Gasteiger partial charge in [-0.25, -0.2) is 4.98 Å². The average molecular weight is 441 g/mol. The normalized spacial score (nSPS) is 18.4. The van der Waals surface area contributed by atoms with E-state index in [1.54, 1.807) is 12.1 Å². The maximum atomic E-state index is 11.4. The third kappa shape index (κ3) is 5.55. The quantitative estimate of drug-likeness (QED) is 0.339. The maximum Gasteiger partial charge on any atom is 0.292 e. The molecule has 2 fully saturated rings. The second-order valence-electron chi connectivity index (χ2n) is 8.66. The van der Waals surface area contributed by atoms with Crippen LogP contribution in [0.25, 0.3) is 0 Å². The van der Waals surface area contributed by atoms with E-state index in [1.807, 2.05) is 18.3 Å². The fourth-order valence-electron chi connectivity index (χ4n) is 4.63. The van der Waals surface area contributed by atoms with Crippen molar-refractivity contribution in [2.75, 3.05) is 51.3 Å². The van der Waals surface area contributed by atoms with Crippen molar-refractivity contribution in [1.82, 2.24) is 9.88 Å². The van der Waals surface area contributed by atoms with Crippen LogP contribution in [0.3, 0.4) is 0 Å². The second-order valence-corrected chi connectivity index (χ2v) is 8.66. The van der Waals surface area contributed by atoms with Crippen LogP contribution in [0.2, 0.25) is 0 Å². The molecule has 172 valence electrons. The first-order chi connectivity index (χ1) is 15.7. The van der Waals surface area contributed by atoms with Crippen LogP contribution in [0.15, 0.2) is 42.6 Å². The third-order valence-corrected chi connectivity index (χ3v) is 6.58. The molecule has 2 aliphatic rings. The summed E-state index contributed by atoms with van der Waals surface area (Å²) in [6, 6.07) is 10.8. The molecule has 1 aromatic carbocycles. The van der Waals surface area contributed by atoms with Crippen molar-refractivity contribution in [2.24, 2.45) is 0 Å². The van der Waals surface area contributed by atoms with Gasteiger partial charge in [0.05, 0.1) is 11.5 Å². The molecule has 8 heteroatoms. The van der Waals surface area contributed by atoms with Crippen molar-refractivity contribution >= 4 is 11.4 Å². The monoisotopic (exact) mass is 440 g/mol. The fourth-order valence-corrected chi connectivity index (χ4v) is 4.63. The van der Waals surface area contributed by atoms with Crippen molar-refractivity contribution < 1.29 is 14.4 Å². The van der Waals surface area contributed by atoms with E-state index in [9.17, 15) is 10.1 Å². The highest BCUT2D eigenvalue weighted by atomic mass is 16.6. The van der Waals surface area contributed by atoms with E-state index in [0.29, 0.717) is 37.9 Å². The van der Waals surface area contributed by atoms with E-state index >= 15 is 0 Å². The van der Waals surface area contributed by atoms with Crippen LogP contribution in [-0.2, 0) is 10.2 Å². The summed E-state index contributed by atoms with van der Waals surface area (Å²) >= 11 is 0. The summed E-state index contributed by atoms with van der Waals surface area (Å²) in [6.45, 7) is 6.07. The highest BCUT2D eigenvalue weighted by Gasteiger charge is 2.35. The van der Waals surface area contributed by atoms with Gasteiger partial charge in [0.1, 0.15) is 5.69 Å². The van der Waals surface area contributed by atoms with E-state index < -0.39 is 0 Å². The summed E-state index contributed by atoms with van der Waals surface area (Å²) < 4.78 is 11.5. The van der Waals surface area contributed by atoms with Crippen LogP contribution in [0.5, 0.6) is 5.88 Å². The molecule has 0 unspecified atom stereocenters. The van der Waals surface area contributed by atoms with Crippen LogP contribution in [0, 0.1) is 10.1 Å². The molecule has 1 N–H and O–H groups in total. The van der Waals surface area contributed by atoms with Crippen molar-refractivity contribution in [2.45, 2.75) is 37.5 Å². The zero-order valence-corrected chi connectivity index (χ0v) is 18.5. The minimum atomic E-state index is -0.351. The highest BCUT2D eigenvalue weighted by molar-refractivity contribution is 5.61. The molecule has 8 nitrogen and oxygen atoms in total. The van der Waals surface area contributed by atoms with Crippen molar-refractivity contribution in [3.8, 4) is 5.88 Å². The Morgan fingerprint density at radius 3 is 2.66 bits per heavy atom. The number of nitro benzene ring substituents is 1. The molecule has 2 aromatic rings. The molecule has 0 spiro atoms. The smallest absolute Gasteiger partial charge is 0.292 e. The number of aromatic nitrogens is 1. The fraction of sp³-hybridized carbons (Fsp3) is 0.542. The lowest BCUT2D eigenvalue weighted by Crippen LogP contribution is -2.40. The average Bonchev–Trinajstić information content (AvgIpc) is 3.35. The SMILES string of the molecule is O=[N+]([O-])c1ccccc1NCC1(c2ccc(OCCCN3CCCC3)nc2)CCOCC1. The van der Waals surface area contributed by atoms with Gasteiger partial charge in [0.15, 0.2) is 0 Å². The Hall–Kier alpha value is -2.71. The number of nitrogens with zero attached hydrogens (tertiary/aromatic N) is 3. The predicted molar refractivity (Wildman–Crippen MR) is 123 cm³/mol. The first-order valence-electron chi connectivity index (χ1n) is 11.5. The summed E-state index contributed by atoms with van der Waals surface area (Å²) in [5.41, 5.74) is 1.54. The van der Waals surface area contributed by atoms with Crippen LogP contribution in [0.1, 0.15) is 37.7 Å². The van der Waals surface area contributed by atoms with Gasteiger partial charge in [-0.3, -0.25) is 10.1 Å². The molecule has 32 heavy (non-hydrogen) atoms. The van der Waals surface area contributed by atoms with Gasteiger partial charge in [-0.1, -0.05) is 18.2 Å². The van der Waals surface area contributed by atoms with Crippen LogP contribution in [0.4, 0.5) is 11.4 Å². The summed E-state index contributed by atoms with van der Waals surface area (Å²) in [7, 11) is 0. The van der Waals surface area contributed by atoms with Crippen molar-refractivity contribution in [3.63, 3.8) is 0 Å². The first-order valence-corrected chi connectivity index (χ1v) is 11.5. The Bertz CT molecular complexity index is 878. The maximum absolute atomic E-state index is 11.4. The van der Waals surface area contributed by atoms with E-state index in [4.69, 9.17) is 9.47 Å². The lowest BCUT2D eigenvalue weighted by molar-refractivity contribution is -0.384. The Labute approximate surface area is 189 Å². The number of hydrogen-bond donors (Lipinski definition) is 1. The lowest BCUT2D eigenvalue weighted by Gasteiger charge is -2.38. The first kappa shape index (κ1) is 22.5. The molecule has 1 aromatic heterocycles. The number of rotatable bonds is 10. The summed E-state index contributed by atoms with van der Waals surface area (Å²) in [5, 5.41) is 14.7. The Morgan fingerprint density at radius 1 is 1.16 bits per heavy atom. The van der Waals surface area contributed by atoms with Gasteiger partial charge in [-0.05, 0) is 56.8 Å². The molecule has 0 radical (unpaired) electrons. The zero-order chi connectivity index (χ0) is 22.2. The molecule has 0 amide bonds. The van der Waals surface area contributed by atoms with E-state index in [1.165, 1.54) is 32.0 Å². The van der Waals surface area contributed by atoms with Gasteiger partial charge >= 0.3 is 0 Å². The number of benzene rings is 1. The van der Waals surface area contributed by atoms with Gasteiger partial charge in [0.25, 0.3) is 5.69 Å². The van der Waals surface area contributed by atoms with Crippen LogP contribution in [-0.4, -0.2) is 60.8 Å². The Balaban J connectivity index is 1.38. The molecule has 0 atom stereocenters. The predicted octanol–water partition coefficient (Wildman–Crippen LogP) is 4.01. The van der Waals surface area contributed by atoms with Crippen molar-refractivity contribution in [1.29, 1.82) is 0 Å². The number of pyridine rings is 1. The molecular weight excluding hydrogens is 408 g/mol. The number of likely N-dealkylation sites (tertiary alicyclic amines) is 1. The molecule has 2 aliphatic heterocycles. The Morgan fingerprint density at radius 2 is 1.94 bits per heavy atom. The van der Waals surface area contributed by atoms with Crippen LogP contribution < -0.4 is 10.1 Å². The molecule has 4 rings (SSSR count). The molecular formula is C24H32N4O4. The van der Waals surface area contributed by atoms with E-state index in [0.717, 1.165) is 31.4 Å². The summed E-state index contributed by atoms with van der Waals surface area (Å²) in [6.07, 6.45) is 7.18. The van der Waals surface area contributed by atoms with Crippen molar-refractivity contribution in [3.05, 3.63) is 58.3 Å². The number of para-hydroxylation sites is 2.